The smallest absolute Gasteiger partial charge is 0.343 e. The molecule has 0 aliphatic carbocycles. The molecule has 4 rings (SSSR count). The molecule has 0 saturated heterocycles. The molecule has 1 aliphatic rings. The number of carbonyl (C=O) groups is 2. The molecule has 0 unspecified atom stereocenters. The molecule has 1 aromatic heterocycles. The molecular weight excluding hydrogens is 814 g/mol. The maximum atomic E-state index is 14.1. The van der Waals surface area contributed by atoms with Gasteiger partial charge < -0.3 is 23.7 Å². The van der Waals surface area contributed by atoms with Gasteiger partial charge in [0, 0.05) is 0 Å². The minimum absolute atomic E-state index is 0.0279. The highest BCUT2D eigenvalue weighted by Gasteiger charge is 2.34. The Morgan fingerprint density at radius 1 is 1.07 bits per heavy atom. The molecule has 1 atom stereocenters. The lowest BCUT2D eigenvalue weighted by Gasteiger charge is -2.25. The van der Waals surface area contributed by atoms with E-state index in [4.69, 9.17) is 18.9 Å². The Bertz CT molecular complexity index is 1770. The summed E-state index contributed by atoms with van der Waals surface area (Å²) in [5.74, 6) is 0.362. The summed E-state index contributed by atoms with van der Waals surface area (Å²) in [6.45, 7) is 9.39. The van der Waals surface area contributed by atoms with E-state index in [1.807, 2.05) is 39.0 Å². The second-order valence-corrected chi connectivity index (χ2v) is 13.1. The third kappa shape index (κ3) is 7.47. The van der Waals surface area contributed by atoms with Crippen molar-refractivity contribution in [1.29, 1.82) is 0 Å². The van der Waals surface area contributed by atoms with E-state index in [0.717, 1.165) is 18.5 Å². The summed E-state index contributed by atoms with van der Waals surface area (Å²) in [5.41, 5.74) is 1.82. The average molecular weight is 846 g/mol. The first-order valence-corrected chi connectivity index (χ1v) is 16.8. The van der Waals surface area contributed by atoms with Gasteiger partial charge in [0.05, 0.1) is 55.4 Å². The molecule has 0 bridgehead atoms. The highest BCUT2D eigenvalue weighted by molar-refractivity contribution is 14.1. The molecule has 2 aromatic carbocycles. The molecule has 0 fully saturated rings. The number of halogens is 2. The number of aromatic nitrogens is 1. The largest absolute Gasteiger partial charge is 0.490 e. The second-order valence-electron chi connectivity index (χ2n) is 9.79. The molecule has 0 N–H and O–H groups in total. The van der Waals surface area contributed by atoms with Gasteiger partial charge in [0.2, 0.25) is 0 Å². The lowest BCUT2D eigenvalue weighted by atomic mass is 9.95. The third-order valence-electron chi connectivity index (χ3n) is 6.35. The summed E-state index contributed by atoms with van der Waals surface area (Å²) in [4.78, 5) is 44.2. The molecule has 44 heavy (non-hydrogen) atoms. The highest BCUT2D eigenvalue weighted by atomic mass is 127. The number of fused-ring (bicyclic) bond motifs is 1. The Morgan fingerprint density at radius 2 is 1.77 bits per heavy atom. The van der Waals surface area contributed by atoms with Crippen LogP contribution in [0, 0.1) is 7.14 Å². The van der Waals surface area contributed by atoms with Gasteiger partial charge in [-0.25, -0.2) is 14.6 Å². The summed E-state index contributed by atoms with van der Waals surface area (Å²) >= 11 is 5.71. The van der Waals surface area contributed by atoms with Crippen molar-refractivity contribution in [2.45, 2.75) is 46.8 Å². The number of esters is 2. The van der Waals surface area contributed by atoms with Crippen molar-refractivity contribution >= 4 is 74.5 Å². The first-order chi connectivity index (χ1) is 21.0. The summed E-state index contributed by atoms with van der Waals surface area (Å²) in [6.07, 6.45) is 1.85. The van der Waals surface area contributed by atoms with Crippen LogP contribution in [-0.4, -0.2) is 49.5 Å². The van der Waals surface area contributed by atoms with Gasteiger partial charge in [-0.05, 0) is 121 Å². The Labute approximate surface area is 286 Å². The van der Waals surface area contributed by atoms with Gasteiger partial charge in [-0.2, -0.15) is 0 Å². The number of allylic oxidation sites excluding steroid dienone is 1. The van der Waals surface area contributed by atoms with Crippen LogP contribution in [-0.2, 0) is 19.1 Å². The monoisotopic (exact) mass is 846 g/mol. The van der Waals surface area contributed by atoms with Crippen molar-refractivity contribution in [3.63, 3.8) is 0 Å². The van der Waals surface area contributed by atoms with Crippen LogP contribution >= 0.6 is 56.5 Å². The van der Waals surface area contributed by atoms with E-state index in [9.17, 15) is 14.4 Å². The number of nitrogens with zero attached hydrogens (tertiary/aromatic N) is 2. The zero-order chi connectivity index (χ0) is 32.1. The zero-order valence-electron chi connectivity index (χ0n) is 25.1. The average Bonchev–Trinajstić information content (AvgIpc) is 3.27. The Kier molecular flexibility index (Phi) is 11.5. The van der Waals surface area contributed by atoms with E-state index >= 15 is 0 Å². The van der Waals surface area contributed by atoms with E-state index in [0.29, 0.717) is 38.7 Å². The van der Waals surface area contributed by atoms with Crippen molar-refractivity contribution in [3.05, 3.63) is 79.6 Å². The molecule has 0 amide bonds. The molecular formula is C31H32I2N2O8S. The predicted octanol–water partition coefficient (Wildman–Crippen LogP) is 4.75. The maximum absolute atomic E-state index is 14.1. The Hall–Kier alpha value is -2.92. The van der Waals surface area contributed by atoms with Crippen LogP contribution < -0.4 is 29.1 Å². The number of thiazole rings is 1. The van der Waals surface area contributed by atoms with Crippen LogP contribution in [0.25, 0.3) is 6.08 Å². The number of hydrogen-bond acceptors (Lipinski definition) is 10. The molecule has 13 heteroatoms. The van der Waals surface area contributed by atoms with Gasteiger partial charge >= 0.3 is 11.9 Å². The van der Waals surface area contributed by atoms with Gasteiger partial charge in [-0.1, -0.05) is 17.4 Å². The third-order valence-corrected chi connectivity index (χ3v) is 8.93. The van der Waals surface area contributed by atoms with Crippen molar-refractivity contribution in [2.75, 3.05) is 26.9 Å². The van der Waals surface area contributed by atoms with Crippen molar-refractivity contribution in [1.82, 2.24) is 4.57 Å². The number of rotatable bonds is 11. The van der Waals surface area contributed by atoms with Crippen molar-refractivity contribution in [3.8, 4) is 17.2 Å². The quantitative estimate of drug-likeness (QED) is 0.201. The van der Waals surface area contributed by atoms with E-state index < -0.39 is 18.0 Å². The fourth-order valence-corrected chi connectivity index (χ4v) is 7.66. The Morgan fingerprint density at radius 3 is 2.39 bits per heavy atom. The summed E-state index contributed by atoms with van der Waals surface area (Å²) in [5, 5.41) is 0. The highest BCUT2D eigenvalue weighted by Crippen LogP contribution is 2.36. The molecule has 2 heterocycles. The standard InChI is InChI=1S/C31H32I2N2O8S/c1-7-40-23-14-19(9-10-22(23)42-15-25(36)39-6)27-26(30(38)41-8-2)17(5)34-31-35(27)29(37)24(44-31)13-18-11-20(32)28(21(33)12-18)43-16(3)4/h9-14,16,27H,7-8,15H2,1-6H3/b24-13+/t27-/m0/s1. The van der Waals surface area contributed by atoms with Gasteiger partial charge in [0.15, 0.2) is 22.9 Å². The molecule has 234 valence electrons. The van der Waals surface area contributed by atoms with E-state index in [-0.39, 0.29) is 30.5 Å². The van der Waals surface area contributed by atoms with Crippen LogP contribution in [0.1, 0.15) is 51.8 Å². The predicted molar refractivity (Wildman–Crippen MR) is 183 cm³/mol. The Balaban J connectivity index is 1.89. The number of benzene rings is 2. The maximum Gasteiger partial charge on any atom is 0.343 e. The van der Waals surface area contributed by atoms with Gasteiger partial charge in [0.1, 0.15) is 5.75 Å². The van der Waals surface area contributed by atoms with Crippen molar-refractivity contribution < 1.29 is 33.3 Å². The first-order valence-electron chi connectivity index (χ1n) is 13.8. The molecule has 10 nitrogen and oxygen atoms in total. The van der Waals surface area contributed by atoms with Crippen LogP contribution in [0.5, 0.6) is 17.2 Å². The molecule has 0 saturated carbocycles. The fraction of sp³-hybridized carbons (Fsp3) is 0.355. The first kappa shape index (κ1) is 34.0. The number of hydrogen-bond donors (Lipinski definition) is 0. The van der Waals surface area contributed by atoms with Crippen LogP contribution in [0.4, 0.5) is 0 Å². The fourth-order valence-electron chi connectivity index (χ4n) is 4.55. The van der Waals surface area contributed by atoms with E-state index in [2.05, 4.69) is 54.9 Å². The minimum atomic E-state index is -0.844. The van der Waals surface area contributed by atoms with Gasteiger partial charge in [0.25, 0.3) is 5.56 Å². The number of ether oxygens (including phenoxy) is 5. The zero-order valence-corrected chi connectivity index (χ0v) is 30.2. The summed E-state index contributed by atoms with van der Waals surface area (Å²) < 4.78 is 31.3. The molecule has 0 radical (unpaired) electrons. The summed E-state index contributed by atoms with van der Waals surface area (Å²) in [6, 6.07) is 8.16. The normalized spacial score (nSPS) is 14.7. The van der Waals surface area contributed by atoms with Crippen LogP contribution in [0.3, 0.4) is 0 Å². The van der Waals surface area contributed by atoms with Gasteiger partial charge in [-0.3, -0.25) is 9.36 Å². The molecule has 0 spiro atoms. The van der Waals surface area contributed by atoms with Crippen molar-refractivity contribution in [2.24, 2.45) is 4.99 Å². The number of methoxy groups -OCH3 is 1. The molecule has 1 aliphatic heterocycles. The van der Waals surface area contributed by atoms with E-state index in [1.165, 1.54) is 23.0 Å². The second kappa shape index (κ2) is 14.9. The lowest BCUT2D eigenvalue weighted by molar-refractivity contribution is -0.143. The van der Waals surface area contributed by atoms with Crippen LogP contribution in [0.2, 0.25) is 0 Å². The number of carbonyl (C=O) groups excluding carboxylic acids is 2. The lowest BCUT2D eigenvalue weighted by Crippen LogP contribution is -2.40. The SMILES string of the molecule is CCOC(=O)C1=C(C)N=c2s/c(=C/c3cc(I)c(OC(C)C)c(I)c3)c(=O)n2[C@H]1c1ccc(OCC(=O)OC)c(OCC)c1. The summed E-state index contributed by atoms with van der Waals surface area (Å²) in [7, 11) is 1.28. The van der Waals surface area contributed by atoms with Crippen LogP contribution in [0.15, 0.2) is 51.4 Å². The molecule has 3 aromatic rings. The van der Waals surface area contributed by atoms with Gasteiger partial charge in [-0.15, -0.1) is 0 Å². The van der Waals surface area contributed by atoms with E-state index in [1.54, 1.807) is 32.0 Å². The minimum Gasteiger partial charge on any atom is -0.490 e. The topological polar surface area (TPSA) is 115 Å².